The molecule has 0 spiro atoms. The lowest BCUT2D eigenvalue weighted by molar-refractivity contribution is 0.744. The van der Waals surface area contributed by atoms with Gasteiger partial charge in [-0.3, -0.25) is 0 Å². The van der Waals surface area contributed by atoms with Crippen LogP contribution in [0.1, 0.15) is 44.5 Å². The van der Waals surface area contributed by atoms with Crippen molar-refractivity contribution in [3.05, 3.63) is 142 Å². The molecule has 4 aromatic rings. The van der Waals surface area contributed by atoms with Crippen LogP contribution in [0.5, 0.6) is 0 Å². The van der Waals surface area contributed by atoms with Crippen LogP contribution in [-0.2, 0) is 5.41 Å². The second-order valence-corrected chi connectivity index (χ2v) is 8.07. The topological polar surface area (TPSA) is 0 Å². The van der Waals surface area contributed by atoms with Crippen LogP contribution in [0.2, 0.25) is 0 Å². The molecule has 0 atom stereocenters. The number of benzene rings is 4. The summed E-state index contributed by atoms with van der Waals surface area (Å²) in [6.07, 6.45) is 5.64. The van der Waals surface area contributed by atoms with Crippen molar-refractivity contribution in [2.24, 2.45) is 0 Å². The molecule has 0 heteroatoms. The SMILES string of the molecule is C#Cc1ccc(C(c2ccc(C)cc2)(c2ccc(C)cc2)c2ccc(C)cc2)cc1. The number of hydrogen-bond acceptors (Lipinski definition) is 0. The number of aryl methyl sites for hydroxylation is 3. The number of rotatable bonds is 4. The molecular weight excluding hydrogens is 360 g/mol. The van der Waals surface area contributed by atoms with Gasteiger partial charge < -0.3 is 0 Å². The Morgan fingerprint density at radius 1 is 0.467 bits per heavy atom. The zero-order valence-corrected chi connectivity index (χ0v) is 17.8. The van der Waals surface area contributed by atoms with Gasteiger partial charge >= 0.3 is 0 Å². The molecule has 0 unspecified atom stereocenters. The molecule has 0 saturated heterocycles. The summed E-state index contributed by atoms with van der Waals surface area (Å²) in [6.45, 7) is 6.39. The van der Waals surface area contributed by atoms with E-state index in [9.17, 15) is 0 Å². The highest BCUT2D eigenvalue weighted by Gasteiger charge is 2.38. The van der Waals surface area contributed by atoms with E-state index in [1.54, 1.807) is 0 Å². The van der Waals surface area contributed by atoms with E-state index < -0.39 is 5.41 Å². The molecule has 0 fully saturated rings. The first-order valence-electron chi connectivity index (χ1n) is 10.3. The third-order valence-corrected chi connectivity index (χ3v) is 5.94. The van der Waals surface area contributed by atoms with Gasteiger partial charge in [-0.2, -0.15) is 0 Å². The van der Waals surface area contributed by atoms with E-state index in [-0.39, 0.29) is 0 Å². The van der Waals surface area contributed by atoms with Crippen LogP contribution in [0, 0.1) is 33.1 Å². The molecular formula is C30H26. The van der Waals surface area contributed by atoms with Gasteiger partial charge in [0.1, 0.15) is 0 Å². The number of terminal acetylenes is 1. The van der Waals surface area contributed by atoms with Crippen LogP contribution in [0.3, 0.4) is 0 Å². The van der Waals surface area contributed by atoms with Gasteiger partial charge in [-0.15, -0.1) is 6.42 Å². The first-order valence-corrected chi connectivity index (χ1v) is 10.3. The third kappa shape index (κ3) is 3.44. The fourth-order valence-electron chi connectivity index (χ4n) is 4.23. The molecule has 0 N–H and O–H groups in total. The van der Waals surface area contributed by atoms with E-state index >= 15 is 0 Å². The van der Waals surface area contributed by atoms with Gasteiger partial charge in [0.2, 0.25) is 0 Å². The van der Waals surface area contributed by atoms with Gasteiger partial charge in [-0.05, 0) is 55.2 Å². The van der Waals surface area contributed by atoms with Gasteiger partial charge in [-0.25, -0.2) is 0 Å². The van der Waals surface area contributed by atoms with Crippen molar-refractivity contribution in [3.63, 3.8) is 0 Å². The molecule has 0 aliphatic heterocycles. The summed E-state index contributed by atoms with van der Waals surface area (Å²) >= 11 is 0. The molecule has 0 saturated carbocycles. The van der Waals surface area contributed by atoms with Crippen molar-refractivity contribution in [3.8, 4) is 12.3 Å². The van der Waals surface area contributed by atoms with Crippen LogP contribution in [0.15, 0.2) is 97.1 Å². The largest absolute Gasteiger partial charge is 0.115 e. The molecule has 0 nitrogen and oxygen atoms in total. The van der Waals surface area contributed by atoms with Crippen molar-refractivity contribution < 1.29 is 0 Å². The quantitative estimate of drug-likeness (QED) is 0.262. The van der Waals surface area contributed by atoms with E-state index in [4.69, 9.17) is 6.42 Å². The summed E-state index contributed by atoms with van der Waals surface area (Å²) in [4.78, 5) is 0. The fourth-order valence-corrected chi connectivity index (χ4v) is 4.23. The van der Waals surface area contributed by atoms with E-state index in [2.05, 4.69) is 112 Å². The van der Waals surface area contributed by atoms with E-state index in [1.165, 1.54) is 38.9 Å². The van der Waals surface area contributed by atoms with E-state index in [0.717, 1.165) is 5.56 Å². The van der Waals surface area contributed by atoms with Crippen LogP contribution < -0.4 is 0 Å². The molecule has 30 heavy (non-hydrogen) atoms. The summed E-state index contributed by atoms with van der Waals surface area (Å²) in [6, 6.07) is 35.1. The summed E-state index contributed by atoms with van der Waals surface area (Å²) in [5, 5.41) is 0. The Morgan fingerprint density at radius 3 is 1.00 bits per heavy atom. The van der Waals surface area contributed by atoms with Gasteiger partial charge in [0.15, 0.2) is 0 Å². The molecule has 4 aromatic carbocycles. The summed E-state index contributed by atoms with van der Waals surface area (Å²) in [5.74, 6) is 2.75. The highest BCUT2D eigenvalue weighted by Crippen LogP contribution is 2.45. The highest BCUT2D eigenvalue weighted by molar-refractivity contribution is 5.60. The van der Waals surface area contributed by atoms with E-state index in [1.807, 2.05) is 12.1 Å². The second kappa shape index (κ2) is 8.05. The summed E-state index contributed by atoms with van der Waals surface area (Å²) < 4.78 is 0. The Morgan fingerprint density at radius 2 is 0.733 bits per heavy atom. The molecule has 146 valence electrons. The maximum absolute atomic E-state index is 5.64. The Kier molecular flexibility index (Phi) is 5.30. The van der Waals surface area contributed by atoms with Gasteiger partial charge in [0.25, 0.3) is 0 Å². The molecule has 0 bridgehead atoms. The second-order valence-electron chi connectivity index (χ2n) is 8.07. The minimum Gasteiger partial charge on any atom is -0.115 e. The standard InChI is InChI=1S/C30H26/c1-5-25-12-20-29(21-13-25)30(26-14-6-22(2)7-15-26,27-16-8-23(3)9-17-27)28-18-10-24(4)11-19-28/h1,6-21H,2-4H3. The van der Waals surface area contributed by atoms with Gasteiger partial charge in [0, 0.05) is 5.56 Å². The molecule has 0 heterocycles. The van der Waals surface area contributed by atoms with Crippen LogP contribution in [-0.4, -0.2) is 0 Å². The molecule has 0 aliphatic carbocycles. The van der Waals surface area contributed by atoms with Crippen molar-refractivity contribution in [1.29, 1.82) is 0 Å². The lowest BCUT2D eigenvalue weighted by Crippen LogP contribution is -2.31. The average Bonchev–Trinajstić information content (AvgIpc) is 2.78. The van der Waals surface area contributed by atoms with Crippen LogP contribution in [0.25, 0.3) is 0 Å². The highest BCUT2D eigenvalue weighted by atomic mass is 14.4. The summed E-state index contributed by atoms with van der Waals surface area (Å²) in [7, 11) is 0. The Balaban J connectivity index is 2.11. The predicted molar refractivity (Wildman–Crippen MR) is 127 cm³/mol. The number of hydrogen-bond donors (Lipinski definition) is 0. The third-order valence-electron chi connectivity index (χ3n) is 5.94. The van der Waals surface area contributed by atoms with Crippen molar-refractivity contribution >= 4 is 0 Å². The molecule has 0 amide bonds. The maximum atomic E-state index is 5.64. The summed E-state index contributed by atoms with van der Waals surface area (Å²) in [5.41, 5.74) is 9.16. The monoisotopic (exact) mass is 386 g/mol. The molecule has 0 radical (unpaired) electrons. The minimum atomic E-state index is -0.428. The Bertz CT molecular complexity index is 1060. The predicted octanol–water partition coefficient (Wildman–Crippen LogP) is 6.98. The molecule has 4 rings (SSSR count). The zero-order chi connectivity index (χ0) is 21.1. The Hall–Kier alpha value is -3.56. The van der Waals surface area contributed by atoms with Gasteiger partial charge in [-0.1, -0.05) is 108 Å². The minimum absolute atomic E-state index is 0.428. The molecule has 0 aliphatic rings. The van der Waals surface area contributed by atoms with Gasteiger partial charge in [0.05, 0.1) is 5.41 Å². The lowest BCUT2D eigenvalue weighted by Gasteiger charge is -2.37. The lowest BCUT2D eigenvalue weighted by atomic mass is 9.65. The smallest absolute Gasteiger partial charge is 0.0701 e. The van der Waals surface area contributed by atoms with Crippen molar-refractivity contribution in [2.45, 2.75) is 26.2 Å². The normalized spacial score (nSPS) is 11.1. The van der Waals surface area contributed by atoms with Crippen molar-refractivity contribution in [2.75, 3.05) is 0 Å². The Labute approximate surface area is 180 Å². The first-order chi connectivity index (χ1) is 14.5. The van der Waals surface area contributed by atoms with Crippen LogP contribution >= 0.6 is 0 Å². The zero-order valence-electron chi connectivity index (χ0n) is 17.8. The molecule has 0 aromatic heterocycles. The van der Waals surface area contributed by atoms with Crippen molar-refractivity contribution in [1.82, 2.24) is 0 Å². The fraction of sp³-hybridized carbons (Fsp3) is 0.133. The van der Waals surface area contributed by atoms with E-state index in [0.29, 0.717) is 0 Å². The van der Waals surface area contributed by atoms with Crippen LogP contribution in [0.4, 0.5) is 0 Å². The average molecular weight is 387 g/mol. The maximum Gasteiger partial charge on any atom is 0.0701 e. The first kappa shape index (κ1) is 19.7.